The maximum Gasteiger partial charge on any atom is 0.178 e. The third kappa shape index (κ3) is 2.73. The fourth-order valence-corrected chi connectivity index (χ4v) is 4.26. The number of hydrogen-bond acceptors (Lipinski definition) is 1. The largest absolute Gasteiger partial charge is 0.331 e. The number of hydrogen-bond donors (Lipinski definition) is 1. The Labute approximate surface area is 133 Å². The van der Waals surface area contributed by atoms with Gasteiger partial charge in [-0.25, -0.2) is 0 Å². The molecule has 2 nitrogen and oxygen atoms in total. The van der Waals surface area contributed by atoms with E-state index in [1.165, 1.54) is 44.0 Å². The summed E-state index contributed by atoms with van der Waals surface area (Å²) in [6.07, 6.45) is 7.92. The van der Waals surface area contributed by atoms with Crippen molar-refractivity contribution < 1.29 is 0 Å². The fourth-order valence-electron chi connectivity index (χ4n) is 3.56. The molecule has 1 N–H and O–H groups in total. The Kier molecular flexibility index (Phi) is 4.32. The first-order valence-electron chi connectivity index (χ1n) is 7.58. The van der Waals surface area contributed by atoms with Crippen LogP contribution in [0.5, 0.6) is 0 Å². The first-order chi connectivity index (χ1) is 9.69. The van der Waals surface area contributed by atoms with Crippen LogP contribution in [-0.4, -0.2) is 9.55 Å². The second kappa shape index (κ2) is 6.02. The zero-order valence-corrected chi connectivity index (χ0v) is 14.3. The van der Waals surface area contributed by atoms with Crippen molar-refractivity contribution in [1.82, 2.24) is 9.55 Å². The first kappa shape index (κ1) is 14.3. The summed E-state index contributed by atoms with van der Waals surface area (Å²) >= 11 is 9.12. The molecular weight excluding hydrogens is 332 g/mol. The maximum absolute atomic E-state index is 5.55. The molecule has 1 heterocycles. The van der Waals surface area contributed by atoms with Gasteiger partial charge < -0.3 is 9.55 Å². The van der Waals surface area contributed by atoms with E-state index in [2.05, 4.69) is 50.6 Å². The van der Waals surface area contributed by atoms with Gasteiger partial charge >= 0.3 is 0 Å². The van der Waals surface area contributed by atoms with Crippen LogP contribution >= 0.6 is 28.1 Å². The van der Waals surface area contributed by atoms with Crippen LogP contribution in [0, 0.1) is 10.7 Å². The molecule has 108 valence electrons. The van der Waals surface area contributed by atoms with Gasteiger partial charge in [-0.3, -0.25) is 0 Å². The van der Waals surface area contributed by atoms with Crippen molar-refractivity contribution in [2.45, 2.75) is 51.5 Å². The van der Waals surface area contributed by atoms with E-state index in [9.17, 15) is 0 Å². The molecule has 0 bridgehead atoms. The van der Waals surface area contributed by atoms with Gasteiger partial charge in [0, 0.05) is 10.5 Å². The van der Waals surface area contributed by atoms with Gasteiger partial charge in [0.2, 0.25) is 0 Å². The molecule has 1 aromatic carbocycles. The highest BCUT2D eigenvalue weighted by atomic mass is 79.9. The molecule has 1 aliphatic carbocycles. The zero-order valence-electron chi connectivity index (χ0n) is 11.9. The van der Waals surface area contributed by atoms with Gasteiger partial charge in [0.1, 0.15) is 0 Å². The Hall–Kier alpha value is -0.610. The monoisotopic (exact) mass is 352 g/mol. The Morgan fingerprint density at radius 2 is 2.05 bits per heavy atom. The van der Waals surface area contributed by atoms with E-state index in [1.54, 1.807) is 0 Å². The number of imidazole rings is 1. The highest BCUT2D eigenvalue weighted by molar-refractivity contribution is 9.10. The highest BCUT2D eigenvalue weighted by Crippen LogP contribution is 2.36. The Morgan fingerprint density at radius 3 is 2.75 bits per heavy atom. The van der Waals surface area contributed by atoms with Crippen LogP contribution in [0.15, 0.2) is 22.7 Å². The van der Waals surface area contributed by atoms with Crippen LogP contribution in [0.2, 0.25) is 0 Å². The molecule has 0 spiro atoms. The molecule has 0 saturated heterocycles. The molecule has 2 aromatic rings. The molecule has 4 heteroatoms. The van der Waals surface area contributed by atoms with Crippen molar-refractivity contribution in [1.29, 1.82) is 0 Å². The molecule has 0 amide bonds. The van der Waals surface area contributed by atoms with Crippen molar-refractivity contribution in [3.05, 3.63) is 27.4 Å². The number of nitrogens with zero attached hydrogens (tertiary/aromatic N) is 1. The van der Waals surface area contributed by atoms with E-state index in [0.717, 1.165) is 20.7 Å². The molecule has 20 heavy (non-hydrogen) atoms. The predicted octanol–water partition coefficient (Wildman–Crippen LogP) is 5.99. The minimum absolute atomic E-state index is 0.568. The molecule has 0 unspecified atom stereocenters. The first-order valence-corrected chi connectivity index (χ1v) is 8.79. The SMILES string of the molecule is CCCC1CCC(n2c(=S)[nH]c3ccc(Br)cc32)CC1. The van der Waals surface area contributed by atoms with Gasteiger partial charge in [0.05, 0.1) is 11.0 Å². The third-order valence-corrected chi connectivity index (χ3v) is 5.35. The second-order valence-corrected chi connectivity index (χ2v) is 7.23. The average Bonchev–Trinajstić information content (AvgIpc) is 2.76. The minimum Gasteiger partial charge on any atom is -0.331 e. The summed E-state index contributed by atoms with van der Waals surface area (Å²) in [4.78, 5) is 3.34. The summed E-state index contributed by atoms with van der Waals surface area (Å²) in [7, 11) is 0. The van der Waals surface area contributed by atoms with Crippen molar-refractivity contribution in [2.24, 2.45) is 5.92 Å². The van der Waals surface area contributed by atoms with Crippen molar-refractivity contribution in [3.63, 3.8) is 0 Å². The van der Waals surface area contributed by atoms with E-state index in [0.29, 0.717) is 6.04 Å². The number of halogens is 1. The van der Waals surface area contributed by atoms with Crippen LogP contribution in [0.3, 0.4) is 0 Å². The second-order valence-electron chi connectivity index (χ2n) is 5.92. The standard InChI is InChI=1S/C16H21BrN2S/c1-2-3-11-4-7-13(8-5-11)19-15-10-12(17)6-9-14(15)18-16(19)20/h6,9-11,13H,2-5,7-8H2,1H3,(H,18,20). The summed E-state index contributed by atoms with van der Waals surface area (Å²) in [6, 6.07) is 6.92. The van der Waals surface area contributed by atoms with E-state index < -0.39 is 0 Å². The summed E-state index contributed by atoms with van der Waals surface area (Å²) in [5.74, 6) is 0.933. The zero-order chi connectivity index (χ0) is 14.1. The number of fused-ring (bicyclic) bond motifs is 1. The van der Waals surface area contributed by atoms with Gasteiger partial charge in [0.15, 0.2) is 4.77 Å². The molecule has 0 aliphatic heterocycles. The molecule has 0 atom stereocenters. The van der Waals surface area contributed by atoms with Crippen LogP contribution in [-0.2, 0) is 0 Å². The van der Waals surface area contributed by atoms with E-state index in [-0.39, 0.29) is 0 Å². The van der Waals surface area contributed by atoms with Gasteiger partial charge in [0.25, 0.3) is 0 Å². The van der Waals surface area contributed by atoms with E-state index >= 15 is 0 Å². The third-order valence-electron chi connectivity index (χ3n) is 4.56. The molecule has 0 radical (unpaired) electrons. The number of H-pyrrole nitrogens is 1. The Bertz CT molecular complexity index is 650. The average molecular weight is 353 g/mol. The lowest BCUT2D eigenvalue weighted by Gasteiger charge is -2.29. The Morgan fingerprint density at radius 1 is 1.30 bits per heavy atom. The van der Waals surface area contributed by atoms with Crippen molar-refractivity contribution in [3.8, 4) is 0 Å². The van der Waals surface area contributed by atoms with Gasteiger partial charge in [-0.15, -0.1) is 0 Å². The number of nitrogens with one attached hydrogen (secondary N) is 1. The molecular formula is C16H21BrN2S. The van der Waals surface area contributed by atoms with Gasteiger partial charge in [-0.2, -0.15) is 0 Å². The van der Waals surface area contributed by atoms with E-state index in [1.807, 2.05) is 0 Å². The van der Waals surface area contributed by atoms with Gasteiger partial charge in [-0.1, -0.05) is 35.7 Å². The number of benzene rings is 1. The van der Waals surface area contributed by atoms with Crippen LogP contribution in [0.25, 0.3) is 11.0 Å². The summed E-state index contributed by atoms with van der Waals surface area (Å²) in [5, 5.41) is 0. The summed E-state index contributed by atoms with van der Waals surface area (Å²) in [6.45, 7) is 2.29. The summed E-state index contributed by atoms with van der Waals surface area (Å²) < 4.78 is 4.34. The van der Waals surface area contributed by atoms with Crippen molar-refractivity contribution in [2.75, 3.05) is 0 Å². The van der Waals surface area contributed by atoms with Crippen molar-refractivity contribution >= 4 is 39.2 Å². The number of aromatic amines is 1. The molecule has 3 rings (SSSR count). The lowest BCUT2D eigenvalue weighted by atomic mass is 9.83. The molecule has 1 fully saturated rings. The number of rotatable bonds is 3. The minimum atomic E-state index is 0.568. The van der Waals surface area contributed by atoms with Crippen LogP contribution < -0.4 is 0 Å². The smallest absolute Gasteiger partial charge is 0.178 e. The molecule has 1 aromatic heterocycles. The van der Waals surface area contributed by atoms with Crippen LogP contribution in [0.1, 0.15) is 51.5 Å². The number of aromatic nitrogens is 2. The van der Waals surface area contributed by atoms with Crippen LogP contribution in [0.4, 0.5) is 0 Å². The molecule has 1 aliphatic rings. The topological polar surface area (TPSA) is 20.7 Å². The normalized spacial score (nSPS) is 23.3. The van der Waals surface area contributed by atoms with Gasteiger partial charge in [-0.05, 0) is 62.0 Å². The predicted molar refractivity (Wildman–Crippen MR) is 90.7 cm³/mol. The highest BCUT2D eigenvalue weighted by Gasteiger charge is 2.23. The van der Waals surface area contributed by atoms with E-state index in [4.69, 9.17) is 12.2 Å². The lowest BCUT2D eigenvalue weighted by Crippen LogP contribution is -2.18. The fraction of sp³-hybridized carbons (Fsp3) is 0.562. The Balaban J connectivity index is 1.89. The quantitative estimate of drug-likeness (QED) is 0.672. The molecule has 1 saturated carbocycles. The lowest BCUT2D eigenvalue weighted by molar-refractivity contribution is 0.264. The summed E-state index contributed by atoms with van der Waals surface area (Å²) in [5.41, 5.74) is 2.39. The maximum atomic E-state index is 5.55.